The molecule has 0 bridgehead atoms. The van der Waals surface area contributed by atoms with Crippen LogP contribution >= 0.6 is 0 Å². The van der Waals surface area contributed by atoms with Crippen LogP contribution in [0.2, 0.25) is 0 Å². The number of ether oxygens (including phenoxy) is 1. The maximum absolute atomic E-state index is 13.0. The highest BCUT2D eigenvalue weighted by Gasteiger charge is 2.43. The lowest BCUT2D eigenvalue weighted by atomic mass is 9.72. The van der Waals surface area contributed by atoms with Crippen molar-refractivity contribution in [1.29, 1.82) is 0 Å². The SMILES string of the molecule is CC[C@H](C)NC(=O)C1(c2cccc(C(F)(F)F)c2)CCOCC1. The third-order valence-corrected chi connectivity index (χ3v) is 4.51. The molecule has 1 aliphatic heterocycles. The van der Waals surface area contributed by atoms with Gasteiger partial charge in [0, 0.05) is 19.3 Å². The topological polar surface area (TPSA) is 38.3 Å². The maximum Gasteiger partial charge on any atom is 0.416 e. The monoisotopic (exact) mass is 329 g/mol. The van der Waals surface area contributed by atoms with Crippen LogP contribution in [0.25, 0.3) is 0 Å². The van der Waals surface area contributed by atoms with Gasteiger partial charge in [0.2, 0.25) is 5.91 Å². The molecule has 0 unspecified atom stereocenters. The summed E-state index contributed by atoms with van der Waals surface area (Å²) in [6.07, 6.45) is -2.89. The smallest absolute Gasteiger partial charge is 0.381 e. The molecule has 0 aliphatic carbocycles. The Morgan fingerprint density at radius 2 is 2.00 bits per heavy atom. The van der Waals surface area contributed by atoms with E-state index in [1.54, 1.807) is 6.07 Å². The Kier molecular flexibility index (Phi) is 5.34. The lowest BCUT2D eigenvalue weighted by molar-refractivity contribution is -0.138. The first-order chi connectivity index (χ1) is 10.8. The first-order valence-electron chi connectivity index (χ1n) is 7.86. The minimum atomic E-state index is -4.42. The maximum atomic E-state index is 13.0. The van der Waals surface area contributed by atoms with Crippen molar-refractivity contribution < 1.29 is 22.7 Å². The van der Waals surface area contributed by atoms with Crippen LogP contribution in [0.15, 0.2) is 24.3 Å². The minimum Gasteiger partial charge on any atom is -0.381 e. The van der Waals surface area contributed by atoms with Gasteiger partial charge in [-0.05, 0) is 37.8 Å². The number of rotatable bonds is 4. The molecule has 1 amide bonds. The molecular weight excluding hydrogens is 307 g/mol. The Balaban J connectivity index is 2.40. The second-order valence-electron chi connectivity index (χ2n) is 6.06. The summed E-state index contributed by atoms with van der Waals surface area (Å²) < 4.78 is 44.3. The van der Waals surface area contributed by atoms with E-state index in [-0.39, 0.29) is 11.9 Å². The molecule has 0 aromatic heterocycles. The highest BCUT2D eigenvalue weighted by Crippen LogP contribution is 2.38. The van der Waals surface area contributed by atoms with Crippen LogP contribution in [0.5, 0.6) is 0 Å². The number of carbonyl (C=O) groups is 1. The summed E-state index contributed by atoms with van der Waals surface area (Å²) in [6, 6.07) is 5.08. The Morgan fingerprint density at radius 3 is 2.57 bits per heavy atom. The predicted octanol–water partition coefficient (Wildman–Crippen LogP) is 3.67. The van der Waals surface area contributed by atoms with Crippen molar-refractivity contribution in [3.05, 3.63) is 35.4 Å². The van der Waals surface area contributed by atoms with E-state index < -0.39 is 17.2 Å². The molecule has 23 heavy (non-hydrogen) atoms. The molecule has 1 fully saturated rings. The molecule has 0 saturated carbocycles. The average molecular weight is 329 g/mol. The van der Waals surface area contributed by atoms with Gasteiger partial charge in [0.25, 0.3) is 0 Å². The van der Waals surface area contributed by atoms with Crippen LogP contribution in [0.4, 0.5) is 13.2 Å². The van der Waals surface area contributed by atoms with Gasteiger partial charge in [0.1, 0.15) is 0 Å². The molecule has 1 aliphatic rings. The molecule has 1 N–H and O–H groups in total. The summed E-state index contributed by atoms with van der Waals surface area (Å²) in [7, 11) is 0. The fourth-order valence-electron chi connectivity index (χ4n) is 2.82. The quantitative estimate of drug-likeness (QED) is 0.915. The lowest BCUT2D eigenvalue weighted by Crippen LogP contribution is -2.50. The summed E-state index contributed by atoms with van der Waals surface area (Å²) in [5, 5.41) is 2.92. The number of hydrogen-bond donors (Lipinski definition) is 1. The number of benzene rings is 1. The number of halogens is 3. The lowest BCUT2D eigenvalue weighted by Gasteiger charge is -2.37. The molecule has 3 nitrogen and oxygen atoms in total. The third kappa shape index (κ3) is 3.86. The van der Waals surface area contributed by atoms with Crippen molar-refractivity contribution in [2.45, 2.75) is 50.7 Å². The first-order valence-corrected chi connectivity index (χ1v) is 7.86. The second kappa shape index (κ2) is 6.91. The molecule has 0 spiro atoms. The van der Waals surface area contributed by atoms with Crippen LogP contribution in [0.1, 0.15) is 44.2 Å². The summed E-state index contributed by atoms with van der Waals surface area (Å²) in [6.45, 7) is 4.57. The zero-order valence-corrected chi connectivity index (χ0v) is 13.4. The number of alkyl halides is 3. The molecule has 1 aromatic carbocycles. The van der Waals surface area contributed by atoms with Gasteiger partial charge in [0.15, 0.2) is 0 Å². The largest absolute Gasteiger partial charge is 0.416 e. The van der Waals surface area contributed by atoms with E-state index in [1.165, 1.54) is 6.07 Å². The van der Waals surface area contributed by atoms with Crippen molar-refractivity contribution in [3.63, 3.8) is 0 Å². The molecule has 128 valence electrons. The van der Waals surface area contributed by atoms with E-state index in [2.05, 4.69) is 5.32 Å². The Morgan fingerprint density at radius 1 is 1.35 bits per heavy atom. The van der Waals surface area contributed by atoms with E-state index >= 15 is 0 Å². The van der Waals surface area contributed by atoms with Gasteiger partial charge in [-0.2, -0.15) is 13.2 Å². The molecule has 1 heterocycles. The Hall–Kier alpha value is -1.56. The van der Waals surface area contributed by atoms with E-state index in [9.17, 15) is 18.0 Å². The second-order valence-corrected chi connectivity index (χ2v) is 6.06. The van der Waals surface area contributed by atoms with Gasteiger partial charge in [-0.25, -0.2) is 0 Å². The summed E-state index contributed by atoms with van der Waals surface area (Å²) >= 11 is 0. The van der Waals surface area contributed by atoms with Crippen LogP contribution in [-0.2, 0) is 21.1 Å². The molecule has 2 rings (SSSR count). The fourth-order valence-corrected chi connectivity index (χ4v) is 2.82. The number of nitrogens with one attached hydrogen (secondary N) is 1. The van der Waals surface area contributed by atoms with Gasteiger partial charge >= 0.3 is 6.18 Å². The van der Waals surface area contributed by atoms with Crippen LogP contribution < -0.4 is 5.32 Å². The molecule has 1 aromatic rings. The van der Waals surface area contributed by atoms with Crippen molar-refractivity contribution in [2.75, 3.05) is 13.2 Å². The van der Waals surface area contributed by atoms with E-state index in [4.69, 9.17) is 4.74 Å². The zero-order chi connectivity index (χ0) is 17.1. The molecule has 1 saturated heterocycles. The third-order valence-electron chi connectivity index (χ3n) is 4.51. The van der Waals surface area contributed by atoms with Gasteiger partial charge in [0.05, 0.1) is 11.0 Å². The standard InChI is InChI=1S/C17H22F3NO2/c1-3-12(2)21-15(22)16(7-9-23-10-8-16)13-5-4-6-14(11-13)17(18,19)20/h4-6,11-12H,3,7-10H2,1-2H3,(H,21,22)/t12-/m0/s1. The van der Waals surface area contributed by atoms with Crippen LogP contribution in [0.3, 0.4) is 0 Å². The fraction of sp³-hybridized carbons (Fsp3) is 0.588. The predicted molar refractivity (Wildman–Crippen MR) is 81.1 cm³/mol. The highest BCUT2D eigenvalue weighted by molar-refractivity contribution is 5.88. The summed E-state index contributed by atoms with van der Waals surface area (Å²) in [5.74, 6) is -0.213. The average Bonchev–Trinajstić information content (AvgIpc) is 2.54. The van der Waals surface area contributed by atoms with Gasteiger partial charge in [-0.15, -0.1) is 0 Å². The number of hydrogen-bond acceptors (Lipinski definition) is 2. The van der Waals surface area contributed by atoms with Gasteiger partial charge in [-0.1, -0.05) is 25.1 Å². The molecule has 1 atom stereocenters. The number of amides is 1. The minimum absolute atomic E-state index is 0.0204. The highest BCUT2D eigenvalue weighted by atomic mass is 19.4. The number of carbonyl (C=O) groups excluding carboxylic acids is 1. The Labute approximate surface area is 134 Å². The van der Waals surface area contributed by atoms with Crippen LogP contribution in [-0.4, -0.2) is 25.2 Å². The van der Waals surface area contributed by atoms with E-state index in [1.807, 2.05) is 13.8 Å². The van der Waals surface area contributed by atoms with Crippen molar-refractivity contribution in [1.82, 2.24) is 5.32 Å². The summed E-state index contributed by atoms with van der Waals surface area (Å²) in [4.78, 5) is 12.8. The van der Waals surface area contributed by atoms with Crippen LogP contribution in [0, 0.1) is 0 Å². The molecular formula is C17H22F3NO2. The summed E-state index contributed by atoms with van der Waals surface area (Å²) in [5.41, 5.74) is -1.27. The van der Waals surface area contributed by atoms with Gasteiger partial charge in [-0.3, -0.25) is 4.79 Å². The van der Waals surface area contributed by atoms with Crippen molar-refractivity contribution in [2.24, 2.45) is 0 Å². The zero-order valence-electron chi connectivity index (χ0n) is 13.4. The van der Waals surface area contributed by atoms with E-state index in [0.717, 1.165) is 18.6 Å². The first kappa shape index (κ1) is 17.8. The van der Waals surface area contributed by atoms with Crippen molar-refractivity contribution >= 4 is 5.91 Å². The molecule has 6 heteroatoms. The van der Waals surface area contributed by atoms with Gasteiger partial charge < -0.3 is 10.1 Å². The van der Waals surface area contributed by atoms with E-state index in [0.29, 0.717) is 31.6 Å². The van der Waals surface area contributed by atoms with Crippen molar-refractivity contribution in [3.8, 4) is 0 Å². The molecule has 0 radical (unpaired) electrons. The normalized spacial score (nSPS) is 19.2. The Bertz CT molecular complexity index is 551.